The van der Waals surface area contributed by atoms with E-state index in [1.54, 1.807) is 6.92 Å². The normalized spacial score (nSPS) is 21.4. The molecule has 1 atom stereocenters. The van der Waals surface area contributed by atoms with Crippen molar-refractivity contribution in [1.82, 2.24) is 5.32 Å². The molecule has 0 aliphatic carbocycles. The predicted molar refractivity (Wildman–Crippen MR) is 52.8 cm³/mol. The Bertz CT molecular complexity index is 345. The molecule has 1 aromatic rings. The number of benzene rings is 1. The maximum absolute atomic E-state index is 13.1. The van der Waals surface area contributed by atoms with Crippen molar-refractivity contribution in [1.29, 1.82) is 0 Å². The predicted octanol–water partition coefficient (Wildman–Crippen LogP) is 2.26. The summed E-state index contributed by atoms with van der Waals surface area (Å²) in [7, 11) is 0. The van der Waals surface area contributed by atoms with Crippen LogP contribution in [0.3, 0.4) is 0 Å². The highest BCUT2D eigenvalue weighted by atomic mass is 19.1. The monoisotopic (exact) mass is 195 g/mol. The van der Waals surface area contributed by atoms with E-state index in [4.69, 9.17) is 0 Å². The van der Waals surface area contributed by atoms with Gasteiger partial charge in [-0.2, -0.15) is 0 Å². The summed E-state index contributed by atoms with van der Waals surface area (Å²) in [4.78, 5) is 0. The molecule has 1 aromatic carbocycles. The molecule has 2 rings (SSSR count). The van der Waals surface area contributed by atoms with E-state index in [0.717, 1.165) is 19.4 Å². The molecule has 1 saturated heterocycles. The van der Waals surface area contributed by atoms with E-state index in [-0.39, 0.29) is 17.6 Å². The lowest BCUT2D eigenvalue weighted by Gasteiger charge is -2.14. The first-order valence-electron chi connectivity index (χ1n) is 4.91. The van der Waals surface area contributed by atoms with Gasteiger partial charge in [0.05, 0.1) is 0 Å². The lowest BCUT2D eigenvalue weighted by molar-refractivity contribution is 0.449. The van der Waals surface area contributed by atoms with Gasteiger partial charge in [0.2, 0.25) is 0 Å². The van der Waals surface area contributed by atoms with Crippen LogP contribution >= 0.6 is 0 Å². The van der Waals surface area contributed by atoms with Crippen molar-refractivity contribution in [3.05, 3.63) is 29.1 Å². The summed E-state index contributed by atoms with van der Waals surface area (Å²) in [6.07, 6.45) is 2.05. The molecule has 76 valence electrons. The van der Waals surface area contributed by atoms with Gasteiger partial charge in [0.15, 0.2) is 0 Å². The van der Waals surface area contributed by atoms with Crippen LogP contribution in [-0.2, 0) is 0 Å². The van der Waals surface area contributed by atoms with Crippen LogP contribution in [0, 0.1) is 12.7 Å². The van der Waals surface area contributed by atoms with E-state index in [1.807, 2.05) is 0 Å². The smallest absolute Gasteiger partial charge is 0.124 e. The van der Waals surface area contributed by atoms with Crippen LogP contribution in [-0.4, -0.2) is 11.7 Å². The number of aryl methyl sites for hydroxylation is 1. The van der Waals surface area contributed by atoms with Gasteiger partial charge in [0.25, 0.3) is 0 Å². The second-order valence-corrected chi connectivity index (χ2v) is 3.81. The number of hydrogen-bond acceptors (Lipinski definition) is 2. The SMILES string of the molecule is Cc1cc(F)cc([C@@H]2CCCN2)c1O. The standard InChI is InChI=1S/C11H14FNO/c1-7-5-8(12)6-9(11(7)14)10-3-2-4-13-10/h5-6,10,13-14H,2-4H2,1H3/t10-/m0/s1. The van der Waals surface area contributed by atoms with Crippen LogP contribution in [0.15, 0.2) is 12.1 Å². The van der Waals surface area contributed by atoms with Crippen molar-refractivity contribution in [2.75, 3.05) is 6.54 Å². The molecular weight excluding hydrogens is 181 g/mol. The highest BCUT2D eigenvalue weighted by Crippen LogP contribution is 2.32. The zero-order valence-electron chi connectivity index (χ0n) is 8.18. The molecule has 1 fully saturated rings. The summed E-state index contributed by atoms with van der Waals surface area (Å²) in [5.41, 5.74) is 1.30. The van der Waals surface area contributed by atoms with Crippen molar-refractivity contribution in [2.45, 2.75) is 25.8 Å². The number of hydrogen-bond donors (Lipinski definition) is 2. The van der Waals surface area contributed by atoms with Gasteiger partial charge < -0.3 is 10.4 Å². The molecular formula is C11H14FNO. The highest BCUT2D eigenvalue weighted by Gasteiger charge is 2.20. The van der Waals surface area contributed by atoms with Gasteiger partial charge in [-0.25, -0.2) is 4.39 Å². The molecule has 0 radical (unpaired) electrons. The van der Waals surface area contributed by atoms with Gasteiger partial charge in [0.1, 0.15) is 11.6 Å². The quantitative estimate of drug-likeness (QED) is 0.720. The fourth-order valence-corrected chi connectivity index (χ4v) is 1.98. The average Bonchev–Trinajstić information content (AvgIpc) is 2.63. The molecule has 1 heterocycles. The number of phenols is 1. The molecule has 1 aliphatic rings. The number of nitrogens with one attached hydrogen (secondary N) is 1. The molecule has 0 spiro atoms. The van der Waals surface area contributed by atoms with E-state index in [9.17, 15) is 9.50 Å². The molecule has 1 aliphatic heterocycles. The van der Waals surface area contributed by atoms with E-state index >= 15 is 0 Å². The minimum atomic E-state index is -0.274. The summed E-state index contributed by atoms with van der Waals surface area (Å²) >= 11 is 0. The summed E-state index contributed by atoms with van der Waals surface area (Å²) in [6, 6.07) is 2.89. The zero-order valence-corrected chi connectivity index (χ0v) is 8.18. The first kappa shape index (κ1) is 9.46. The zero-order chi connectivity index (χ0) is 10.1. The third-order valence-corrected chi connectivity index (χ3v) is 2.73. The minimum Gasteiger partial charge on any atom is -0.507 e. The first-order chi connectivity index (χ1) is 6.68. The van der Waals surface area contributed by atoms with Gasteiger partial charge in [-0.15, -0.1) is 0 Å². The number of rotatable bonds is 1. The topological polar surface area (TPSA) is 32.3 Å². The van der Waals surface area contributed by atoms with Gasteiger partial charge in [0, 0.05) is 11.6 Å². The molecule has 0 saturated carbocycles. The lowest BCUT2D eigenvalue weighted by atomic mass is 10.0. The van der Waals surface area contributed by atoms with Crippen LogP contribution in [0.25, 0.3) is 0 Å². The summed E-state index contributed by atoms with van der Waals surface area (Å²) in [5.74, 6) is -0.0465. The Kier molecular flexibility index (Phi) is 2.42. The maximum Gasteiger partial charge on any atom is 0.124 e. The van der Waals surface area contributed by atoms with Gasteiger partial charge in [-0.1, -0.05) is 0 Å². The van der Waals surface area contributed by atoms with Crippen LogP contribution in [0.5, 0.6) is 5.75 Å². The maximum atomic E-state index is 13.1. The van der Waals surface area contributed by atoms with Gasteiger partial charge in [-0.05, 0) is 44.0 Å². The summed E-state index contributed by atoms with van der Waals surface area (Å²) in [5, 5.41) is 13.0. The summed E-state index contributed by atoms with van der Waals surface area (Å²) < 4.78 is 13.1. The van der Waals surface area contributed by atoms with E-state index in [2.05, 4.69) is 5.32 Å². The van der Waals surface area contributed by atoms with Crippen molar-refractivity contribution in [2.24, 2.45) is 0 Å². The Labute approximate surface area is 82.8 Å². The fraction of sp³-hybridized carbons (Fsp3) is 0.455. The number of halogens is 1. The second kappa shape index (κ2) is 3.58. The largest absolute Gasteiger partial charge is 0.507 e. The van der Waals surface area contributed by atoms with Crippen molar-refractivity contribution >= 4 is 0 Å². The Morgan fingerprint density at radius 2 is 2.29 bits per heavy atom. The molecule has 0 bridgehead atoms. The third-order valence-electron chi connectivity index (χ3n) is 2.73. The first-order valence-corrected chi connectivity index (χ1v) is 4.91. The average molecular weight is 195 g/mol. The Morgan fingerprint density at radius 3 is 2.93 bits per heavy atom. The Hall–Kier alpha value is -1.09. The van der Waals surface area contributed by atoms with E-state index in [1.165, 1.54) is 12.1 Å². The van der Waals surface area contributed by atoms with Crippen LogP contribution in [0.4, 0.5) is 4.39 Å². The van der Waals surface area contributed by atoms with Crippen LogP contribution in [0.1, 0.15) is 30.0 Å². The second-order valence-electron chi connectivity index (χ2n) is 3.81. The van der Waals surface area contributed by atoms with E-state index < -0.39 is 0 Å². The third kappa shape index (κ3) is 1.60. The number of phenolic OH excluding ortho intramolecular Hbond substituents is 1. The molecule has 0 aromatic heterocycles. The minimum absolute atomic E-state index is 0.115. The molecule has 0 unspecified atom stereocenters. The van der Waals surface area contributed by atoms with Crippen LogP contribution < -0.4 is 5.32 Å². The molecule has 3 heteroatoms. The molecule has 2 N–H and O–H groups in total. The lowest BCUT2D eigenvalue weighted by Crippen LogP contribution is -2.13. The van der Waals surface area contributed by atoms with Crippen molar-refractivity contribution < 1.29 is 9.50 Å². The Morgan fingerprint density at radius 1 is 1.50 bits per heavy atom. The fourth-order valence-electron chi connectivity index (χ4n) is 1.98. The van der Waals surface area contributed by atoms with Crippen molar-refractivity contribution in [3.63, 3.8) is 0 Å². The Balaban J connectivity index is 2.40. The molecule has 2 nitrogen and oxygen atoms in total. The molecule has 0 amide bonds. The molecule has 14 heavy (non-hydrogen) atoms. The van der Waals surface area contributed by atoms with Gasteiger partial charge >= 0.3 is 0 Å². The number of aromatic hydroxyl groups is 1. The van der Waals surface area contributed by atoms with Gasteiger partial charge in [-0.3, -0.25) is 0 Å². The van der Waals surface area contributed by atoms with E-state index in [0.29, 0.717) is 11.1 Å². The van der Waals surface area contributed by atoms with Crippen LogP contribution in [0.2, 0.25) is 0 Å². The highest BCUT2D eigenvalue weighted by molar-refractivity contribution is 5.42. The summed E-state index contributed by atoms with van der Waals surface area (Å²) in [6.45, 7) is 2.66. The van der Waals surface area contributed by atoms with Crippen molar-refractivity contribution in [3.8, 4) is 5.75 Å².